The van der Waals surface area contributed by atoms with E-state index in [2.05, 4.69) is 10.6 Å². The Morgan fingerprint density at radius 1 is 1.08 bits per heavy atom. The molecular formula is C26H29ClF3N3O4S. The molecule has 0 radical (unpaired) electrons. The van der Waals surface area contributed by atoms with E-state index in [1.54, 1.807) is 24.3 Å². The van der Waals surface area contributed by atoms with Crippen LogP contribution in [0.25, 0.3) is 0 Å². The molecule has 206 valence electrons. The van der Waals surface area contributed by atoms with Gasteiger partial charge in [0.15, 0.2) is 0 Å². The lowest BCUT2D eigenvalue weighted by atomic mass is 10.1. The number of halogens is 4. The van der Waals surface area contributed by atoms with E-state index >= 15 is 0 Å². The molecule has 3 rings (SSSR count). The molecule has 1 saturated carbocycles. The number of rotatable bonds is 9. The maximum absolute atomic E-state index is 13.5. The second kappa shape index (κ2) is 12.8. The standard InChI is InChI=1S/C26H29ClF3N3O4S/c1-16-7-9-19(10-8-16)31-23(34)14-38(37)15-24(35)33(17(2)25(36)32-18-5-3-4-6-18)20-11-12-22(27)21(13-20)26(28,29)30/h7-13,17-18H,3-6,14-15H2,1-2H3,(H,31,34)(H,32,36)/t17-,38+/m0/s1. The predicted molar refractivity (Wildman–Crippen MR) is 141 cm³/mol. The second-order valence-electron chi connectivity index (χ2n) is 9.23. The summed E-state index contributed by atoms with van der Waals surface area (Å²) >= 11 is 5.74. The van der Waals surface area contributed by atoms with E-state index in [9.17, 15) is 31.8 Å². The molecule has 2 aromatic carbocycles. The Kier molecular flexibility index (Phi) is 9.94. The number of hydrogen-bond acceptors (Lipinski definition) is 4. The van der Waals surface area contributed by atoms with Gasteiger partial charge in [0, 0.05) is 28.2 Å². The third-order valence-corrected chi connectivity index (χ3v) is 7.67. The van der Waals surface area contributed by atoms with Crippen LogP contribution in [0.15, 0.2) is 42.5 Å². The zero-order valence-corrected chi connectivity index (χ0v) is 22.5. The topological polar surface area (TPSA) is 95.6 Å². The first-order valence-corrected chi connectivity index (χ1v) is 13.9. The minimum Gasteiger partial charge on any atom is -0.352 e. The lowest BCUT2D eigenvalue weighted by Crippen LogP contribution is -2.51. The van der Waals surface area contributed by atoms with Crippen LogP contribution in [0.2, 0.25) is 5.02 Å². The van der Waals surface area contributed by atoms with Gasteiger partial charge in [0.1, 0.15) is 17.5 Å². The van der Waals surface area contributed by atoms with Crippen molar-refractivity contribution in [2.45, 2.75) is 57.8 Å². The smallest absolute Gasteiger partial charge is 0.352 e. The predicted octanol–water partition coefficient (Wildman–Crippen LogP) is 4.83. The molecule has 38 heavy (non-hydrogen) atoms. The molecule has 12 heteroatoms. The largest absolute Gasteiger partial charge is 0.417 e. The quantitative estimate of drug-likeness (QED) is 0.450. The third-order valence-electron chi connectivity index (χ3n) is 6.18. The van der Waals surface area contributed by atoms with Crippen molar-refractivity contribution in [3.8, 4) is 0 Å². The van der Waals surface area contributed by atoms with Crippen molar-refractivity contribution >= 4 is 51.5 Å². The van der Waals surface area contributed by atoms with Crippen molar-refractivity contribution in [2.75, 3.05) is 21.7 Å². The molecule has 0 unspecified atom stereocenters. The minimum absolute atomic E-state index is 0.0857. The van der Waals surface area contributed by atoms with Crippen molar-refractivity contribution in [3.63, 3.8) is 0 Å². The fourth-order valence-electron chi connectivity index (χ4n) is 4.21. The number of carbonyl (C=O) groups is 3. The van der Waals surface area contributed by atoms with Gasteiger partial charge in [-0.25, -0.2) is 0 Å². The van der Waals surface area contributed by atoms with Crippen LogP contribution < -0.4 is 15.5 Å². The van der Waals surface area contributed by atoms with Crippen LogP contribution in [0.5, 0.6) is 0 Å². The lowest BCUT2D eigenvalue weighted by molar-refractivity contribution is -0.137. The van der Waals surface area contributed by atoms with E-state index in [0.29, 0.717) is 11.8 Å². The van der Waals surface area contributed by atoms with Crippen LogP contribution in [0.1, 0.15) is 43.7 Å². The van der Waals surface area contributed by atoms with E-state index in [4.69, 9.17) is 11.6 Å². The van der Waals surface area contributed by atoms with Crippen LogP contribution >= 0.6 is 11.6 Å². The molecule has 1 aliphatic carbocycles. The summed E-state index contributed by atoms with van der Waals surface area (Å²) in [5.41, 5.74) is 0.0844. The summed E-state index contributed by atoms with van der Waals surface area (Å²) in [5.74, 6) is -3.19. The van der Waals surface area contributed by atoms with Crippen LogP contribution in [0, 0.1) is 6.92 Å². The van der Waals surface area contributed by atoms with Gasteiger partial charge in [0.2, 0.25) is 17.7 Å². The van der Waals surface area contributed by atoms with E-state index in [0.717, 1.165) is 42.2 Å². The third kappa shape index (κ3) is 8.04. The van der Waals surface area contributed by atoms with Crippen LogP contribution in [-0.4, -0.2) is 45.5 Å². The van der Waals surface area contributed by atoms with E-state index < -0.39 is 62.8 Å². The molecule has 2 atom stereocenters. The minimum atomic E-state index is -4.80. The molecule has 0 spiro atoms. The molecule has 7 nitrogen and oxygen atoms in total. The van der Waals surface area contributed by atoms with Gasteiger partial charge >= 0.3 is 6.18 Å². The fraction of sp³-hybridized carbons (Fsp3) is 0.423. The number of nitrogens with zero attached hydrogens (tertiary/aromatic N) is 1. The first-order chi connectivity index (χ1) is 17.8. The Hall–Kier alpha value is -2.92. The summed E-state index contributed by atoms with van der Waals surface area (Å²) in [7, 11) is -2.00. The highest BCUT2D eigenvalue weighted by Crippen LogP contribution is 2.37. The number of alkyl halides is 3. The average Bonchev–Trinajstić information content (AvgIpc) is 3.33. The van der Waals surface area contributed by atoms with Crippen LogP contribution in [0.3, 0.4) is 0 Å². The summed E-state index contributed by atoms with van der Waals surface area (Å²) in [6.07, 6.45) is -1.37. The Bertz CT molecular complexity index is 1200. The molecule has 0 heterocycles. The highest BCUT2D eigenvalue weighted by atomic mass is 35.5. The lowest BCUT2D eigenvalue weighted by Gasteiger charge is -2.30. The molecule has 0 aromatic heterocycles. The van der Waals surface area contributed by atoms with Gasteiger partial charge < -0.3 is 10.6 Å². The van der Waals surface area contributed by atoms with Gasteiger partial charge in [-0.2, -0.15) is 13.2 Å². The van der Waals surface area contributed by atoms with Gasteiger partial charge in [0.05, 0.1) is 10.6 Å². The number of benzene rings is 2. The monoisotopic (exact) mass is 571 g/mol. The molecule has 2 aromatic rings. The molecule has 1 aliphatic rings. The maximum atomic E-state index is 13.5. The molecule has 0 bridgehead atoms. The van der Waals surface area contributed by atoms with Crippen LogP contribution in [-0.2, 0) is 31.4 Å². The summed E-state index contributed by atoms with van der Waals surface area (Å²) < 4.78 is 53.2. The van der Waals surface area contributed by atoms with Crippen LogP contribution in [0.4, 0.5) is 24.5 Å². The van der Waals surface area contributed by atoms with Gasteiger partial charge in [-0.15, -0.1) is 0 Å². The normalized spacial score (nSPS) is 15.5. The van der Waals surface area contributed by atoms with E-state index in [-0.39, 0.29) is 11.7 Å². The zero-order valence-electron chi connectivity index (χ0n) is 20.9. The summed E-state index contributed by atoms with van der Waals surface area (Å²) in [6, 6.07) is 8.50. The average molecular weight is 572 g/mol. The molecular weight excluding hydrogens is 543 g/mol. The van der Waals surface area contributed by atoms with Crippen molar-refractivity contribution in [1.82, 2.24) is 5.32 Å². The van der Waals surface area contributed by atoms with Gasteiger partial charge in [0.25, 0.3) is 0 Å². The Labute approximate surface area is 226 Å². The highest BCUT2D eigenvalue weighted by Gasteiger charge is 2.36. The number of carbonyl (C=O) groups excluding carboxylic acids is 3. The number of anilines is 2. The molecule has 2 N–H and O–H groups in total. The van der Waals surface area contributed by atoms with Crippen molar-refractivity contribution in [2.24, 2.45) is 0 Å². The molecule has 3 amide bonds. The van der Waals surface area contributed by atoms with E-state index in [1.807, 2.05) is 6.92 Å². The Morgan fingerprint density at radius 2 is 1.71 bits per heavy atom. The van der Waals surface area contributed by atoms with Crippen molar-refractivity contribution < 1.29 is 31.8 Å². The highest BCUT2D eigenvalue weighted by molar-refractivity contribution is 7.86. The number of hydrogen-bond donors (Lipinski definition) is 2. The van der Waals surface area contributed by atoms with E-state index in [1.165, 1.54) is 13.0 Å². The van der Waals surface area contributed by atoms with Crippen molar-refractivity contribution in [3.05, 3.63) is 58.6 Å². The maximum Gasteiger partial charge on any atom is 0.417 e. The fourth-order valence-corrected chi connectivity index (χ4v) is 5.32. The Morgan fingerprint density at radius 3 is 2.32 bits per heavy atom. The summed E-state index contributed by atoms with van der Waals surface area (Å²) in [6.45, 7) is 3.27. The summed E-state index contributed by atoms with van der Waals surface area (Å²) in [5, 5.41) is 4.86. The second-order valence-corrected chi connectivity index (χ2v) is 11.1. The Balaban J connectivity index is 1.79. The van der Waals surface area contributed by atoms with Crippen molar-refractivity contribution in [1.29, 1.82) is 0 Å². The molecule has 0 aliphatic heterocycles. The number of nitrogens with one attached hydrogen (secondary N) is 2. The van der Waals surface area contributed by atoms with Gasteiger partial charge in [-0.05, 0) is 57.0 Å². The first kappa shape index (κ1) is 29.6. The number of amides is 3. The summed E-state index contributed by atoms with van der Waals surface area (Å²) in [4.78, 5) is 39.4. The molecule has 0 saturated heterocycles. The van der Waals surface area contributed by atoms with Gasteiger partial charge in [-0.3, -0.25) is 23.5 Å². The zero-order chi connectivity index (χ0) is 28.0. The SMILES string of the molecule is Cc1ccc(NC(=O)C[S@@](=O)CC(=O)N(c2ccc(Cl)c(C(F)(F)F)c2)[C@@H](C)C(=O)NC2CCCC2)cc1. The first-order valence-electron chi connectivity index (χ1n) is 12.1. The van der Waals surface area contributed by atoms with Gasteiger partial charge in [-0.1, -0.05) is 42.1 Å². The molecule has 1 fully saturated rings. The number of aryl methyl sites for hydroxylation is 1.